The van der Waals surface area contributed by atoms with Crippen LogP contribution in [-0.4, -0.2) is 33.9 Å². The summed E-state index contributed by atoms with van der Waals surface area (Å²) >= 11 is 10.8. The highest BCUT2D eigenvalue weighted by molar-refractivity contribution is 7.80. The number of rotatable bonds is 4. The minimum absolute atomic E-state index is 0.0159. The van der Waals surface area contributed by atoms with Crippen molar-refractivity contribution in [3.63, 3.8) is 0 Å². The number of nitrogens with one attached hydrogen (secondary N) is 1. The summed E-state index contributed by atoms with van der Waals surface area (Å²) in [5, 5.41) is 13.6. The molecule has 0 atom stereocenters. The monoisotopic (exact) mass is 315 g/mol. The van der Waals surface area contributed by atoms with E-state index in [1.165, 1.54) is 12.1 Å². The van der Waals surface area contributed by atoms with Crippen LogP contribution in [0.25, 0.3) is 0 Å². The molecule has 0 aliphatic heterocycles. The van der Waals surface area contributed by atoms with Crippen LogP contribution in [0.3, 0.4) is 0 Å². The van der Waals surface area contributed by atoms with Gasteiger partial charge in [0.2, 0.25) is 0 Å². The van der Waals surface area contributed by atoms with Crippen molar-refractivity contribution in [3.05, 3.63) is 38.9 Å². The molecule has 20 heavy (non-hydrogen) atoms. The number of amides is 1. The number of hydrogen-bond acceptors (Lipinski definition) is 4. The van der Waals surface area contributed by atoms with E-state index < -0.39 is 10.8 Å². The first kappa shape index (κ1) is 16.3. The minimum Gasteiger partial charge on any atom is -0.350 e. The number of thiocarbonyl (C=S) groups is 1. The molecule has 0 radical (unpaired) electrons. The van der Waals surface area contributed by atoms with Gasteiger partial charge in [-0.05, 0) is 38.2 Å². The van der Waals surface area contributed by atoms with Gasteiger partial charge in [-0.3, -0.25) is 20.2 Å². The number of benzene rings is 1. The first-order valence-electron chi connectivity index (χ1n) is 5.94. The van der Waals surface area contributed by atoms with Crippen LogP contribution in [0.1, 0.15) is 24.2 Å². The molecule has 1 aromatic rings. The van der Waals surface area contributed by atoms with Crippen LogP contribution in [0.5, 0.6) is 0 Å². The number of nitro groups is 1. The number of carbonyl (C=O) groups excluding carboxylic acids is 1. The van der Waals surface area contributed by atoms with E-state index in [0.29, 0.717) is 13.1 Å². The standard InChI is InChI=1S/C12H14ClN3O3S/c1-3-15(4-2)12(20)14-11(17)8-5-6-9(13)10(7-8)16(18)19/h5-7H,3-4H2,1-2H3,(H,14,17,20). The molecule has 108 valence electrons. The lowest BCUT2D eigenvalue weighted by Gasteiger charge is -2.21. The molecule has 0 saturated heterocycles. The summed E-state index contributed by atoms with van der Waals surface area (Å²) in [5.41, 5.74) is -0.177. The van der Waals surface area contributed by atoms with Crippen molar-refractivity contribution in [2.24, 2.45) is 0 Å². The zero-order valence-electron chi connectivity index (χ0n) is 11.1. The number of nitro benzene ring substituents is 1. The van der Waals surface area contributed by atoms with Crippen molar-refractivity contribution in [1.82, 2.24) is 10.2 Å². The van der Waals surface area contributed by atoms with Crippen LogP contribution in [0.4, 0.5) is 5.69 Å². The molecular weight excluding hydrogens is 302 g/mol. The van der Waals surface area contributed by atoms with E-state index in [1.54, 1.807) is 4.90 Å². The van der Waals surface area contributed by atoms with Crippen LogP contribution in [-0.2, 0) is 0 Å². The van der Waals surface area contributed by atoms with Crippen LogP contribution < -0.4 is 5.32 Å². The van der Waals surface area contributed by atoms with Crippen LogP contribution in [0, 0.1) is 10.1 Å². The molecule has 0 aliphatic carbocycles. The van der Waals surface area contributed by atoms with E-state index in [-0.39, 0.29) is 21.4 Å². The molecule has 1 N–H and O–H groups in total. The summed E-state index contributed by atoms with van der Waals surface area (Å²) in [6.45, 7) is 5.15. The molecule has 0 bridgehead atoms. The van der Waals surface area contributed by atoms with Gasteiger partial charge in [0.25, 0.3) is 11.6 Å². The summed E-state index contributed by atoms with van der Waals surface area (Å²) in [6.07, 6.45) is 0. The lowest BCUT2D eigenvalue weighted by molar-refractivity contribution is -0.384. The summed E-state index contributed by atoms with van der Waals surface area (Å²) in [6, 6.07) is 3.85. The van der Waals surface area contributed by atoms with Crippen LogP contribution in [0.2, 0.25) is 5.02 Å². The van der Waals surface area contributed by atoms with Crippen LogP contribution in [0.15, 0.2) is 18.2 Å². The van der Waals surface area contributed by atoms with Crippen molar-refractivity contribution < 1.29 is 9.72 Å². The van der Waals surface area contributed by atoms with Gasteiger partial charge < -0.3 is 4.90 Å². The highest BCUT2D eigenvalue weighted by Gasteiger charge is 2.17. The van der Waals surface area contributed by atoms with Gasteiger partial charge >= 0.3 is 0 Å². The van der Waals surface area contributed by atoms with E-state index in [0.717, 1.165) is 6.07 Å². The topological polar surface area (TPSA) is 75.5 Å². The lowest BCUT2D eigenvalue weighted by atomic mass is 10.2. The Labute approximate surface area is 126 Å². The molecule has 0 spiro atoms. The molecule has 6 nitrogen and oxygen atoms in total. The average molecular weight is 316 g/mol. The summed E-state index contributed by atoms with van der Waals surface area (Å²) in [7, 11) is 0. The first-order chi connectivity index (χ1) is 9.40. The van der Waals surface area contributed by atoms with E-state index in [4.69, 9.17) is 23.8 Å². The highest BCUT2D eigenvalue weighted by atomic mass is 35.5. The average Bonchev–Trinajstić information content (AvgIpc) is 2.40. The van der Waals surface area contributed by atoms with Gasteiger partial charge in [0.05, 0.1) is 4.92 Å². The van der Waals surface area contributed by atoms with Gasteiger partial charge in [0, 0.05) is 24.7 Å². The third-order valence-corrected chi connectivity index (χ3v) is 3.36. The lowest BCUT2D eigenvalue weighted by Crippen LogP contribution is -2.42. The maximum atomic E-state index is 12.0. The molecule has 0 aliphatic rings. The summed E-state index contributed by atoms with van der Waals surface area (Å²) < 4.78 is 0. The van der Waals surface area contributed by atoms with E-state index in [1.807, 2.05) is 13.8 Å². The second-order valence-corrected chi connectivity index (χ2v) is 4.65. The molecule has 1 amide bonds. The quantitative estimate of drug-likeness (QED) is 0.525. The molecule has 1 aromatic carbocycles. The number of halogens is 1. The third-order valence-electron chi connectivity index (χ3n) is 2.68. The van der Waals surface area contributed by atoms with E-state index in [9.17, 15) is 14.9 Å². The fourth-order valence-electron chi connectivity index (χ4n) is 1.55. The molecular formula is C12H14ClN3O3S. The maximum Gasteiger partial charge on any atom is 0.288 e. The predicted octanol–water partition coefficient (Wildman–Crippen LogP) is 2.60. The second kappa shape index (κ2) is 7.16. The zero-order chi connectivity index (χ0) is 15.3. The smallest absolute Gasteiger partial charge is 0.288 e. The molecule has 0 fully saturated rings. The molecule has 0 heterocycles. The third kappa shape index (κ3) is 3.88. The fraction of sp³-hybridized carbons (Fsp3) is 0.333. The maximum absolute atomic E-state index is 12.0. The van der Waals surface area contributed by atoms with Gasteiger partial charge in [-0.25, -0.2) is 0 Å². The number of hydrogen-bond donors (Lipinski definition) is 1. The van der Waals surface area contributed by atoms with Gasteiger partial charge in [-0.2, -0.15) is 0 Å². The summed E-state index contributed by atoms with van der Waals surface area (Å²) in [4.78, 5) is 23.9. The van der Waals surface area contributed by atoms with Crippen molar-refractivity contribution in [2.45, 2.75) is 13.8 Å². The summed E-state index contributed by atoms with van der Waals surface area (Å²) in [5.74, 6) is -0.498. The van der Waals surface area contributed by atoms with Gasteiger partial charge in [0.1, 0.15) is 5.02 Å². The van der Waals surface area contributed by atoms with Crippen molar-refractivity contribution >= 4 is 40.5 Å². The Morgan fingerprint density at radius 3 is 2.55 bits per heavy atom. The van der Waals surface area contributed by atoms with Crippen molar-refractivity contribution in [3.8, 4) is 0 Å². The van der Waals surface area contributed by atoms with Gasteiger partial charge in [-0.1, -0.05) is 11.6 Å². The number of carbonyl (C=O) groups is 1. The van der Waals surface area contributed by atoms with Gasteiger partial charge in [-0.15, -0.1) is 0 Å². The molecule has 0 unspecified atom stereocenters. The number of nitrogens with zero attached hydrogens (tertiary/aromatic N) is 2. The SMILES string of the molecule is CCN(CC)C(=S)NC(=O)c1ccc(Cl)c([N+](=O)[O-])c1. The van der Waals surface area contributed by atoms with Gasteiger partial charge in [0.15, 0.2) is 5.11 Å². The Kier molecular flexibility index (Phi) is 5.84. The second-order valence-electron chi connectivity index (χ2n) is 3.85. The first-order valence-corrected chi connectivity index (χ1v) is 6.73. The van der Waals surface area contributed by atoms with E-state index >= 15 is 0 Å². The van der Waals surface area contributed by atoms with E-state index in [2.05, 4.69) is 5.32 Å². The Balaban J connectivity index is 2.91. The Hall–Kier alpha value is -1.73. The molecule has 8 heteroatoms. The molecule has 0 aromatic heterocycles. The Morgan fingerprint density at radius 2 is 2.05 bits per heavy atom. The highest BCUT2D eigenvalue weighted by Crippen LogP contribution is 2.24. The largest absolute Gasteiger partial charge is 0.350 e. The fourth-order valence-corrected chi connectivity index (χ4v) is 2.09. The molecule has 1 rings (SSSR count). The molecule has 0 saturated carbocycles. The zero-order valence-corrected chi connectivity index (χ0v) is 12.6. The minimum atomic E-state index is -0.637. The van der Waals surface area contributed by atoms with Crippen molar-refractivity contribution in [2.75, 3.05) is 13.1 Å². The Morgan fingerprint density at radius 1 is 1.45 bits per heavy atom. The predicted molar refractivity (Wildman–Crippen MR) is 81.1 cm³/mol. The van der Waals surface area contributed by atoms with Crippen molar-refractivity contribution in [1.29, 1.82) is 0 Å². The van der Waals surface area contributed by atoms with Crippen LogP contribution >= 0.6 is 23.8 Å². The Bertz CT molecular complexity index is 547. The normalized spacial score (nSPS) is 9.95.